The number of hydrogen-bond acceptors (Lipinski definition) is 6. The molecule has 1 saturated heterocycles. The van der Waals surface area contributed by atoms with E-state index in [4.69, 9.17) is 4.55 Å². The quantitative estimate of drug-likeness (QED) is 0.418. The smallest absolute Gasteiger partial charge is 0.375 e. The van der Waals surface area contributed by atoms with Crippen LogP contribution in [0.3, 0.4) is 0 Å². The standard InChI is InChI=1S/C11H16N6O5S/c1-12-10(13-2)9-8-6(4-14-15(8)3)7-5-16(9)11(18)17(7)22-23(19,20)21/h4,7,9H,5H2,1-3H3,(H,12,13)(H,19,20,21)/t7-,9-/m0/s1. The predicted octanol–water partition coefficient (Wildman–Crippen LogP) is -0.764. The highest BCUT2D eigenvalue weighted by molar-refractivity contribution is 7.80. The molecule has 3 heterocycles. The number of fused-ring (bicyclic) bond motifs is 4. The highest BCUT2D eigenvalue weighted by Gasteiger charge is 2.52. The molecule has 2 aliphatic heterocycles. The molecule has 0 unspecified atom stereocenters. The van der Waals surface area contributed by atoms with Crippen LogP contribution in [0.4, 0.5) is 4.79 Å². The lowest BCUT2D eigenvalue weighted by Crippen LogP contribution is -2.43. The van der Waals surface area contributed by atoms with Crippen LogP contribution in [-0.4, -0.2) is 65.2 Å². The van der Waals surface area contributed by atoms with E-state index in [9.17, 15) is 13.2 Å². The van der Waals surface area contributed by atoms with Gasteiger partial charge in [0.25, 0.3) is 0 Å². The molecule has 2 atom stereocenters. The Morgan fingerprint density at radius 2 is 2.26 bits per heavy atom. The summed E-state index contributed by atoms with van der Waals surface area (Å²) in [5, 5.41) is 7.76. The van der Waals surface area contributed by atoms with Crippen LogP contribution >= 0.6 is 0 Å². The summed E-state index contributed by atoms with van der Waals surface area (Å²) in [6, 6.07) is -1.91. The second-order valence-electron chi connectivity index (χ2n) is 5.15. The molecule has 1 aromatic rings. The van der Waals surface area contributed by atoms with E-state index < -0.39 is 28.5 Å². The lowest BCUT2D eigenvalue weighted by atomic mass is 9.97. The van der Waals surface area contributed by atoms with Crippen LogP contribution in [0, 0.1) is 0 Å². The van der Waals surface area contributed by atoms with E-state index in [1.54, 1.807) is 32.0 Å². The molecule has 3 rings (SSSR count). The number of carbonyl (C=O) groups is 1. The fourth-order valence-electron chi connectivity index (χ4n) is 3.08. The zero-order chi connectivity index (χ0) is 16.9. The Labute approximate surface area is 132 Å². The van der Waals surface area contributed by atoms with Gasteiger partial charge in [-0.2, -0.15) is 18.6 Å². The van der Waals surface area contributed by atoms with Crippen molar-refractivity contribution < 1.29 is 22.0 Å². The lowest BCUT2D eigenvalue weighted by molar-refractivity contribution is -0.0316. The fourth-order valence-corrected chi connectivity index (χ4v) is 3.45. The van der Waals surface area contributed by atoms with Gasteiger partial charge in [-0.1, -0.05) is 0 Å². The Hall–Kier alpha value is -2.18. The minimum atomic E-state index is -4.82. The second-order valence-corrected chi connectivity index (χ2v) is 6.15. The van der Waals surface area contributed by atoms with E-state index in [2.05, 4.69) is 19.7 Å². The molecule has 12 heteroatoms. The summed E-state index contributed by atoms with van der Waals surface area (Å²) in [6.45, 7) is 0.193. The monoisotopic (exact) mass is 344 g/mol. The first-order chi connectivity index (χ1) is 10.8. The van der Waals surface area contributed by atoms with Crippen LogP contribution in [0.1, 0.15) is 23.3 Å². The van der Waals surface area contributed by atoms with E-state index in [0.717, 1.165) is 0 Å². The zero-order valence-electron chi connectivity index (χ0n) is 12.7. The molecular formula is C11H16N6O5S. The first-order valence-corrected chi connectivity index (χ1v) is 8.08. The molecule has 1 aromatic heterocycles. The number of amidine groups is 1. The first-order valence-electron chi connectivity index (χ1n) is 6.71. The number of urea groups is 1. The number of aromatic nitrogens is 2. The van der Waals surface area contributed by atoms with Gasteiger partial charge in [0.05, 0.1) is 18.4 Å². The van der Waals surface area contributed by atoms with Gasteiger partial charge < -0.3 is 10.2 Å². The normalized spacial score (nSPS) is 24.2. The number of nitrogens with zero attached hydrogens (tertiary/aromatic N) is 5. The number of aryl methyl sites for hydroxylation is 1. The summed E-state index contributed by atoms with van der Waals surface area (Å²) >= 11 is 0. The highest BCUT2D eigenvalue weighted by Crippen LogP contribution is 2.44. The van der Waals surface area contributed by atoms with Gasteiger partial charge in [-0.15, -0.1) is 4.28 Å². The largest absolute Gasteiger partial charge is 0.418 e. The highest BCUT2D eigenvalue weighted by atomic mass is 32.3. The number of hydrogen-bond donors (Lipinski definition) is 2. The molecule has 23 heavy (non-hydrogen) atoms. The molecule has 2 aliphatic rings. The van der Waals surface area contributed by atoms with Crippen molar-refractivity contribution in [3.05, 3.63) is 17.5 Å². The molecule has 2 N–H and O–H groups in total. The van der Waals surface area contributed by atoms with Gasteiger partial charge >= 0.3 is 16.4 Å². The number of nitrogens with one attached hydrogen (secondary N) is 1. The van der Waals surface area contributed by atoms with Crippen LogP contribution in [0.25, 0.3) is 0 Å². The summed E-state index contributed by atoms with van der Waals surface area (Å²) in [4.78, 5) is 18.1. The third kappa shape index (κ3) is 2.34. The topological polar surface area (TPSA) is 129 Å². The summed E-state index contributed by atoms with van der Waals surface area (Å²) in [7, 11) is 0.165. The van der Waals surface area contributed by atoms with Crippen LogP contribution in [0.15, 0.2) is 11.2 Å². The maximum Gasteiger partial charge on any atom is 0.418 e. The molecule has 1 fully saturated rings. The Kier molecular flexibility index (Phi) is 3.54. The third-order valence-corrected chi connectivity index (χ3v) is 4.31. The Morgan fingerprint density at radius 1 is 1.57 bits per heavy atom. The van der Waals surface area contributed by atoms with Gasteiger partial charge in [-0.05, 0) is 0 Å². The van der Waals surface area contributed by atoms with E-state index in [1.165, 1.54) is 4.90 Å². The van der Waals surface area contributed by atoms with Gasteiger partial charge in [0.1, 0.15) is 17.9 Å². The Bertz CT molecular complexity index is 787. The maximum absolute atomic E-state index is 12.5. The molecule has 2 bridgehead atoms. The molecule has 11 nitrogen and oxygen atoms in total. The fraction of sp³-hybridized carbons (Fsp3) is 0.545. The van der Waals surface area contributed by atoms with Gasteiger partial charge in [0.2, 0.25) is 0 Å². The van der Waals surface area contributed by atoms with Crippen molar-refractivity contribution in [2.45, 2.75) is 12.1 Å². The molecule has 0 spiro atoms. The van der Waals surface area contributed by atoms with Crippen LogP contribution in [-0.2, 0) is 21.7 Å². The minimum absolute atomic E-state index is 0.193. The van der Waals surface area contributed by atoms with Crippen molar-refractivity contribution in [3.8, 4) is 0 Å². The second kappa shape index (κ2) is 5.18. The molecule has 0 saturated carbocycles. The number of hydroxylamine groups is 2. The predicted molar refractivity (Wildman–Crippen MR) is 77.7 cm³/mol. The van der Waals surface area contributed by atoms with Gasteiger partial charge in [-0.25, -0.2) is 4.79 Å². The Balaban J connectivity index is 2.13. The van der Waals surface area contributed by atoms with Crippen LogP contribution < -0.4 is 5.32 Å². The maximum atomic E-state index is 12.5. The molecule has 2 amide bonds. The lowest BCUT2D eigenvalue weighted by Gasteiger charge is -2.31. The van der Waals surface area contributed by atoms with E-state index >= 15 is 0 Å². The van der Waals surface area contributed by atoms with Crippen LogP contribution in [0.2, 0.25) is 0 Å². The SMILES string of the molecule is CN=C(NC)[C@@H]1c2c(cnn2C)[C@@H]2CN1C(=O)N2OS(=O)(=O)O. The van der Waals surface area contributed by atoms with Gasteiger partial charge in [-0.3, -0.25) is 14.2 Å². The molecule has 0 aliphatic carbocycles. The third-order valence-electron chi connectivity index (χ3n) is 3.96. The van der Waals surface area contributed by atoms with Crippen molar-refractivity contribution in [2.75, 3.05) is 20.6 Å². The first kappa shape index (κ1) is 15.7. The zero-order valence-corrected chi connectivity index (χ0v) is 13.5. The average molecular weight is 344 g/mol. The van der Waals surface area contributed by atoms with Crippen molar-refractivity contribution in [2.24, 2.45) is 12.0 Å². The Morgan fingerprint density at radius 3 is 2.83 bits per heavy atom. The average Bonchev–Trinajstić information content (AvgIpc) is 2.97. The van der Waals surface area contributed by atoms with Crippen molar-refractivity contribution in [1.82, 2.24) is 25.1 Å². The van der Waals surface area contributed by atoms with Crippen molar-refractivity contribution >= 4 is 22.3 Å². The van der Waals surface area contributed by atoms with Crippen molar-refractivity contribution in [3.63, 3.8) is 0 Å². The molecular weight excluding hydrogens is 328 g/mol. The van der Waals surface area contributed by atoms with Gasteiger partial charge in [0.15, 0.2) is 0 Å². The van der Waals surface area contributed by atoms with Crippen molar-refractivity contribution in [1.29, 1.82) is 0 Å². The van der Waals surface area contributed by atoms with E-state index in [1.807, 2.05) is 0 Å². The number of aliphatic imine (C=N–C) groups is 1. The molecule has 0 aromatic carbocycles. The number of rotatable bonds is 3. The summed E-state index contributed by atoms with van der Waals surface area (Å²) in [5.74, 6) is 0.523. The number of likely N-dealkylation sites (N-methyl/N-ethyl adjacent to an activating group) is 1. The minimum Gasteiger partial charge on any atom is -0.375 e. The molecule has 0 radical (unpaired) electrons. The van der Waals surface area contributed by atoms with Crippen LogP contribution in [0.5, 0.6) is 0 Å². The number of amides is 2. The summed E-state index contributed by atoms with van der Waals surface area (Å²) in [5.41, 5.74) is 1.34. The summed E-state index contributed by atoms with van der Waals surface area (Å²) < 4.78 is 37.0. The summed E-state index contributed by atoms with van der Waals surface area (Å²) in [6.07, 6.45) is 1.55. The molecule has 126 valence electrons. The van der Waals surface area contributed by atoms with Gasteiger partial charge in [0, 0.05) is 26.7 Å². The number of carbonyl (C=O) groups excluding carboxylic acids is 1. The van der Waals surface area contributed by atoms with E-state index in [0.29, 0.717) is 22.2 Å². The van der Waals surface area contributed by atoms with E-state index in [-0.39, 0.29) is 6.54 Å².